The van der Waals surface area contributed by atoms with E-state index < -0.39 is 0 Å². The van der Waals surface area contributed by atoms with E-state index in [1.807, 2.05) is 37.6 Å². The number of hydrogen-bond acceptors (Lipinski definition) is 6. The number of phenolic OH excluding ortho intramolecular Hbond substituents is 2. The van der Waals surface area contributed by atoms with Crippen molar-refractivity contribution in [3.63, 3.8) is 0 Å². The number of hydrogen-bond donors (Lipinski definition) is 2. The van der Waals surface area contributed by atoms with E-state index in [9.17, 15) is 10.2 Å². The highest BCUT2D eigenvalue weighted by molar-refractivity contribution is 7.31. The van der Waals surface area contributed by atoms with Gasteiger partial charge < -0.3 is 28.7 Å². The van der Waals surface area contributed by atoms with Crippen molar-refractivity contribution in [2.45, 2.75) is 12.8 Å². The summed E-state index contributed by atoms with van der Waals surface area (Å²) >= 11 is 0. The van der Waals surface area contributed by atoms with E-state index in [-0.39, 0.29) is 23.3 Å². The minimum absolute atomic E-state index is 0.132. The molecule has 0 amide bonds. The zero-order valence-electron chi connectivity index (χ0n) is 18.0. The van der Waals surface area contributed by atoms with Gasteiger partial charge in [-0.25, -0.2) is 0 Å². The van der Waals surface area contributed by atoms with Crippen LogP contribution in [0.3, 0.4) is 0 Å². The Kier molecular flexibility index (Phi) is 10.7. The van der Waals surface area contributed by atoms with E-state index in [0.717, 1.165) is 24.0 Å². The summed E-state index contributed by atoms with van der Waals surface area (Å²) in [6.45, 7) is 5.28. The average molecular weight is 454 g/mol. The Bertz CT molecular complexity index is 721. The molecule has 0 aromatic heterocycles. The summed E-state index contributed by atoms with van der Waals surface area (Å²) in [5.41, 5.74) is 2.15. The molecule has 2 N–H and O–H groups in total. The van der Waals surface area contributed by atoms with Crippen LogP contribution >= 0.6 is 17.6 Å². The van der Waals surface area contributed by atoms with Crippen LogP contribution in [-0.4, -0.2) is 51.0 Å². The number of phenols is 2. The van der Waals surface area contributed by atoms with Gasteiger partial charge in [0, 0.05) is 17.6 Å². The highest BCUT2D eigenvalue weighted by atomic mass is 31.1. The number of ether oxygens (including phenoxy) is 2. The third kappa shape index (κ3) is 7.28. The van der Waals surface area contributed by atoms with E-state index >= 15 is 0 Å². The number of rotatable bonds is 13. The third-order valence-corrected chi connectivity index (χ3v) is 5.94. The van der Waals surface area contributed by atoms with Crippen molar-refractivity contribution in [2.24, 2.45) is 11.8 Å². The summed E-state index contributed by atoms with van der Waals surface area (Å²) in [7, 11) is 3.92. The standard InChI is InChI=1S/C22H32O6P2/c1-25-21-11-15(5-7-19(21)23)9-17(13-27-29-3)18(14-28-30-4)10-16-6-8-20(24)22(12-16)26-2/h5-8,11-12,17-18,23-24,29-30H,9-10,13-14H2,1-4H3/t17-,18-/m0/s1. The molecule has 0 spiro atoms. The molecule has 0 bridgehead atoms. The Labute approximate surface area is 182 Å². The first-order valence-corrected chi connectivity index (χ1v) is 12.6. The van der Waals surface area contributed by atoms with E-state index in [2.05, 4.69) is 0 Å². The molecule has 0 saturated carbocycles. The summed E-state index contributed by atoms with van der Waals surface area (Å²) in [5, 5.41) is 19.8. The lowest BCUT2D eigenvalue weighted by Gasteiger charge is -2.27. The fourth-order valence-corrected chi connectivity index (χ4v) is 4.17. The van der Waals surface area contributed by atoms with Crippen molar-refractivity contribution in [1.29, 1.82) is 0 Å². The van der Waals surface area contributed by atoms with Crippen molar-refractivity contribution < 1.29 is 28.7 Å². The van der Waals surface area contributed by atoms with Gasteiger partial charge in [0.1, 0.15) is 0 Å². The van der Waals surface area contributed by atoms with Gasteiger partial charge in [-0.15, -0.1) is 0 Å². The molecule has 0 fully saturated rings. The number of benzene rings is 2. The summed E-state index contributed by atoms with van der Waals surface area (Å²) < 4.78 is 22.2. The maximum atomic E-state index is 9.90. The molecule has 2 aromatic rings. The van der Waals surface area contributed by atoms with Gasteiger partial charge in [0.05, 0.1) is 27.4 Å². The monoisotopic (exact) mass is 454 g/mol. The first kappa shape index (κ1) is 24.7. The molecule has 0 heterocycles. The predicted octanol–water partition coefficient (Wildman–Crippen LogP) is 4.61. The third-order valence-electron chi connectivity index (χ3n) is 5.03. The smallest absolute Gasteiger partial charge is 0.160 e. The van der Waals surface area contributed by atoms with Gasteiger partial charge >= 0.3 is 0 Å². The quantitative estimate of drug-likeness (QED) is 0.431. The Hall–Kier alpha value is -1.58. The average Bonchev–Trinajstić information content (AvgIpc) is 2.76. The van der Waals surface area contributed by atoms with Crippen LogP contribution in [0.5, 0.6) is 23.0 Å². The number of methoxy groups -OCH3 is 2. The van der Waals surface area contributed by atoms with Crippen LogP contribution in [-0.2, 0) is 21.9 Å². The minimum atomic E-state index is 0.132. The van der Waals surface area contributed by atoms with Crippen molar-refractivity contribution in [1.82, 2.24) is 0 Å². The lowest BCUT2D eigenvalue weighted by molar-refractivity contribution is 0.159. The normalized spacial score (nSPS) is 13.9. The summed E-state index contributed by atoms with van der Waals surface area (Å²) in [6.07, 6.45) is 1.55. The molecule has 0 saturated heterocycles. The Morgan fingerprint density at radius 3 is 1.47 bits per heavy atom. The molecule has 4 atom stereocenters. The van der Waals surface area contributed by atoms with E-state index in [1.54, 1.807) is 26.4 Å². The molecular weight excluding hydrogens is 422 g/mol. The van der Waals surface area contributed by atoms with Gasteiger partial charge in [0.15, 0.2) is 23.0 Å². The Balaban J connectivity index is 2.27. The fraction of sp³-hybridized carbons (Fsp3) is 0.455. The van der Waals surface area contributed by atoms with Crippen LogP contribution in [0, 0.1) is 11.8 Å². The van der Waals surface area contributed by atoms with Crippen molar-refractivity contribution in [3.05, 3.63) is 47.5 Å². The van der Waals surface area contributed by atoms with E-state index in [1.165, 1.54) is 0 Å². The molecule has 166 valence electrons. The minimum Gasteiger partial charge on any atom is -0.504 e. The van der Waals surface area contributed by atoms with Crippen LogP contribution in [0.25, 0.3) is 0 Å². The molecule has 0 aliphatic heterocycles. The van der Waals surface area contributed by atoms with Crippen LogP contribution in [0.2, 0.25) is 0 Å². The van der Waals surface area contributed by atoms with Crippen LogP contribution < -0.4 is 9.47 Å². The zero-order chi connectivity index (χ0) is 21.9. The maximum absolute atomic E-state index is 9.90. The molecule has 6 nitrogen and oxygen atoms in total. The van der Waals surface area contributed by atoms with Gasteiger partial charge in [-0.3, -0.25) is 0 Å². The second-order valence-electron chi connectivity index (χ2n) is 6.97. The molecule has 2 aromatic carbocycles. The van der Waals surface area contributed by atoms with Crippen molar-refractivity contribution in [2.75, 3.05) is 40.8 Å². The van der Waals surface area contributed by atoms with Gasteiger partial charge in [0.25, 0.3) is 0 Å². The lowest BCUT2D eigenvalue weighted by atomic mass is 9.83. The molecule has 0 aliphatic carbocycles. The van der Waals surface area contributed by atoms with Gasteiger partial charge in [-0.2, -0.15) is 0 Å². The predicted molar refractivity (Wildman–Crippen MR) is 124 cm³/mol. The molecule has 0 radical (unpaired) electrons. The van der Waals surface area contributed by atoms with Crippen molar-refractivity contribution >= 4 is 17.6 Å². The summed E-state index contributed by atoms with van der Waals surface area (Å²) in [4.78, 5) is 0. The Morgan fingerprint density at radius 1 is 0.733 bits per heavy atom. The SMILES string of the molecule is COc1cc(C[C@@H](COPC)[C@H](COPC)Cc2ccc(O)c(OC)c2)ccc1O. The highest BCUT2D eigenvalue weighted by Gasteiger charge is 2.24. The Morgan fingerprint density at radius 2 is 1.13 bits per heavy atom. The van der Waals surface area contributed by atoms with Crippen LogP contribution in [0.4, 0.5) is 0 Å². The van der Waals surface area contributed by atoms with Crippen LogP contribution in [0.15, 0.2) is 36.4 Å². The first-order chi connectivity index (χ1) is 14.5. The second kappa shape index (κ2) is 13.0. The molecule has 2 unspecified atom stereocenters. The molecule has 8 heteroatoms. The van der Waals surface area contributed by atoms with Gasteiger partial charge in [-0.05, 0) is 73.4 Å². The first-order valence-electron chi connectivity index (χ1n) is 9.81. The van der Waals surface area contributed by atoms with Crippen LogP contribution in [0.1, 0.15) is 11.1 Å². The van der Waals surface area contributed by atoms with E-state index in [4.69, 9.17) is 18.5 Å². The number of aromatic hydroxyl groups is 2. The molecule has 30 heavy (non-hydrogen) atoms. The highest BCUT2D eigenvalue weighted by Crippen LogP contribution is 2.33. The fourth-order valence-electron chi connectivity index (χ4n) is 3.41. The van der Waals surface area contributed by atoms with Gasteiger partial charge in [-0.1, -0.05) is 12.1 Å². The maximum Gasteiger partial charge on any atom is 0.160 e. The van der Waals surface area contributed by atoms with Crippen molar-refractivity contribution in [3.8, 4) is 23.0 Å². The topological polar surface area (TPSA) is 77.4 Å². The zero-order valence-corrected chi connectivity index (χ0v) is 20.0. The molecular formula is C22H32O6P2. The molecule has 2 rings (SSSR count). The second-order valence-corrected chi connectivity index (χ2v) is 8.36. The van der Waals surface area contributed by atoms with E-state index in [0.29, 0.717) is 42.3 Å². The molecule has 0 aliphatic rings. The summed E-state index contributed by atoms with van der Waals surface area (Å²) in [6, 6.07) is 10.9. The largest absolute Gasteiger partial charge is 0.504 e. The summed E-state index contributed by atoms with van der Waals surface area (Å²) in [5.74, 6) is 1.62. The lowest BCUT2D eigenvalue weighted by Crippen LogP contribution is -2.27. The van der Waals surface area contributed by atoms with Gasteiger partial charge in [0.2, 0.25) is 0 Å².